The number of H-pyrrole nitrogens is 1. The molecule has 0 amide bonds. The summed E-state index contributed by atoms with van der Waals surface area (Å²) in [6.07, 6.45) is 3.50. The van der Waals surface area contributed by atoms with Crippen LogP contribution >= 0.6 is 11.3 Å². The molecular formula is C15H16F2N6S. The number of nitrogens with zero attached hydrogens (tertiary/aromatic N) is 4. The van der Waals surface area contributed by atoms with E-state index in [9.17, 15) is 8.78 Å². The highest BCUT2D eigenvalue weighted by Gasteiger charge is 2.40. The topological polar surface area (TPSA) is 69.2 Å². The van der Waals surface area contributed by atoms with Crippen molar-refractivity contribution in [1.29, 1.82) is 0 Å². The lowest BCUT2D eigenvalue weighted by atomic mass is 10.1. The van der Waals surface area contributed by atoms with Gasteiger partial charge in [-0.25, -0.2) is 4.98 Å². The molecule has 6 nitrogen and oxygen atoms in total. The van der Waals surface area contributed by atoms with Crippen LogP contribution in [0, 0.1) is 0 Å². The van der Waals surface area contributed by atoms with Gasteiger partial charge in [0.15, 0.2) is 0 Å². The van der Waals surface area contributed by atoms with Crippen molar-refractivity contribution in [1.82, 2.24) is 25.4 Å². The van der Waals surface area contributed by atoms with Crippen LogP contribution in [-0.2, 0) is 12.3 Å². The van der Waals surface area contributed by atoms with Gasteiger partial charge in [0.25, 0.3) is 5.92 Å². The Morgan fingerprint density at radius 2 is 2.25 bits per heavy atom. The van der Waals surface area contributed by atoms with Gasteiger partial charge in [-0.05, 0) is 19.4 Å². The van der Waals surface area contributed by atoms with E-state index in [1.165, 1.54) is 17.5 Å². The summed E-state index contributed by atoms with van der Waals surface area (Å²) in [7, 11) is 1.93. The van der Waals surface area contributed by atoms with Gasteiger partial charge in [0.1, 0.15) is 5.69 Å². The van der Waals surface area contributed by atoms with Gasteiger partial charge in [0.2, 0.25) is 11.1 Å². The van der Waals surface area contributed by atoms with Crippen LogP contribution in [0.5, 0.6) is 0 Å². The van der Waals surface area contributed by atoms with Crippen LogP contribution in [0.25, 0.3) is 11.3 Å². The van der Waals surface area contributed by atoms with Crippen molar-refractivity contribution < 1.29 is 8.78 Å². The SMILES string of the molecule is CC1=CCN(C)C(=Nc2nc3c(s2)CCC(F)(F)c2[nH]ncc2-3)N1. The third-order valence-corrected chi connectivity index (χ3v) is 5.16. The number of thiazole rings is 1. The second-order valence-electron chi connectivity index (χ2n) is 5.96. The molecule has 0 spiro atoms. The van der Waals surface area contributed by atoms with E-state index in [4.69, 9.17) is 0 Å². The number of rotatable bonds is 1. The molecule has 9 heteroatoms. The minimum atomic E-state index is -2.91. The number of aliphatic imine (C=N–C) groups is 1. The van der Waals surface area contributed by atoms with Crippen LogP contribution in [-0.4, -0.2) is 39.6 Å². The first-order valence-electron chi connectivity index (χ1n) is 7.59. The van der Waals surface area contributed by atoms with Gasteiger partial charge in [-0.3, -0.25) is 5.10 Å². The summed E-state index contributed by atoms with van der Waals surface area (Å²) in [5, 5.41) is 9.97. The normalized spacial score (nSPS) is 20.9. The van der Waals surface area contributed by atoms with Crippen molar-refractivity contribution in [3.63, 3.8) is 0 Å². The molecule has 2 aliphatic rings. The van der Waals surface area contributed by atoms with Crippen LogP contribution < -0.4 is 5.32 Å². The van der Waals surface area contributed by atoms with Gasteiger partial charge in [0, 0.05) is 36.2 Å². The number of hydrogen-bond acceptors (Lipinski definition) is 4. The average molecular weight is 350 g/mol. The van der Waals surface area contributed by atoms with E-state index in [-0.39, 0.29) is 18.5 Å². The molecule has 0 atom stereocenters. The number of fused-ring (bicyclic) bond motifs is 3. The number of nitrogens with one attached hydrogen (secondary N) is 2. The van der Waals surface area contributed by atoms with Crippen molar-refractivity contribution in [3.8, 4) is 11.3 Å². The lowest BCUT2D eigenvalue weighted by molar-refractivity contribution is -0.0159. The smallest absolute Gasteiger partial charge is 0.290 e. The molecule has 4 rings (SSSR count). The number of aryl methyl sites for hydroxylation is 1. The molecule has 126 valence electrons. The predicted molar refractivity (Wildman–Crippen MR) is 88.5 cm³/mol. The fourth-order valence-electron chi connectivity index (χ4n) is 2.79. The summed E-state index contributed by atoms with van der Waals surface area (Å²) in [6.45, 7) is 2.74. The van der Waals surface area contributed by atoms with E-state index in [0.717, 1.165) is 17.1 Å². The first-order valence-corrected chi connectivity index (χ1v) is 8.41. The molecule has 2 aromatic heterocycles. The largest absolute Gasteiger partial charge is 0.342 e. The molecule has 0 aromatic carbocycles. The van der Waals surface area contributed by atoms with Gasteiger partial charge in [-0.2, -0.15) is 18.9 Å². The van der Waals surface area contributed by atoms with Crippen LogP contribution in [0.1, 0.15) is 23.9 Å². The van der Waals surface area contributed by atoms with Crippen molar-refractivity contribution in [3.05, 3.63) is 28.5 Å². The quantitative estimate of drug-likeness (QED) is 0.830. The van der Waals surface area contributed by atoms with Crippen molar-refractivity contribution in [2.75, 3.05) is 13.6 Å². The standard InChI is InChI=1S/C15H16F2N6S/c1-8-4-6-23(2)13(19-8)21-14-20-11-9-7-18-22-12(9)15(16,17)5-3-10(11)24-14/h4,7H,3,5-6H2,1-2H3,(H,18,22)(H,19,20,21). The highest BCUT2D eigenvalue weighted by molar-refractivity contribution is 7.15. The fraction of sp³-hybridized carbons (Fsp3) is 0.400. The minimum absolute atomic E-state index is 0.155. The molecule has 0 saturated heterocycles. The first-order chi connectivity index (χ1) is 11.4. The van der Waals surface area contributed by atoms with E-state index in [1.54, 1.807) is 0 Å². The number of hydrogen-bond donors (Lipinski definition) is 2. The maximum absolute atomic E-state index is 14.2. The summed E-state index contributed by atoms with van der Waals surface area (Å²) in [5.74, 6) is -2.21. The number of alkyl halides is 2. The van der Waals surface area contributed by atoms with Crippen molar-refractivity contribution in [2.24, 2.45) is 4.99 Å². The highest BCUT2D eigenvalue weighted by Crippen LogP contribution is 2.45. The van der Waals surface area contributed by atoms with Gasteiger partial charge in [-0.1, -0.05) is 11.3 Å². The zero-order valence-corrected chi connectivity index (χ0v) is 14.0. The number of allylic oxidation sites excluding steroid dienone is 1. The first kappa shape index (κ1) is 15.3. The summed E-state index contributed by atoms with van der Waals surface area (Å²) < 4.78 is 28.3. The molecule has 2 aromatic rings. The lowest BCUT2D eigenvalue weighted by Crippen LogP contribution is -2.41. The van der Waals surface area contributed by atoms with Gasteiger partial charge < -0.3 is 10.2 Å². The summed E-state index contributed by atoms with van der Waals surface area (Å²) in [5.41, 5.74) is 1.81. The molecule has 0 fully saturated rings. The molecule has 3 heterocycles. The molecule has 0 bridgehead atoms. The average Bonchev–Trinajstić information content (AvgIpc) is 3.14. The van der Waals surface area contributed by atoms with E-state index in [2.05, 4.69) is 31.6 Å². The highest BCUT2D eigenvalue weighted by atomic mass is 32.1. The Morgan fingerprint density at radius 3 is 3.08 bits per heavy atom. The van der Waals surface area contributed by atoms with Crippen LogP contribution in [0.2, 0.25) is 0 Å². The van der Waals surface area contributed by atoms with Crippen LogP contribution in [0.15, 0.2) is 23.0 Å². The van der Waals surface area contributed by atoms with Crippen molar-refractivity contribution >= 4 is 22.4 Å². The van der Waals surface area contributed by atoms with E-state index in [0.29, 0.717) is 22.3 Å². The monoisotopic (exact) mass is 350 g/mol. The van der Waals surface area contributed by atoms with E-state index in [1.807, 2.05) is 18.9 Å². The number of guanidine groups is 1. The Balaban J connectivity index is 1.75. The fourth-order valence-corrected chi connectivity index (χ4v) is 3.74. The zero-order valence-electron chi connectivity index (χ0n) is 13.2. The lowest BCUT2D eigenvalue weighted by Gasteiger charge is -2.25. The Labute approximate surface area is 141 Å². The molecular weight excluding hydrogens is 334 g/mol. The third kappa shape index (κ3) is 2.48. The Hall–Kier alpha value is -2.29. The Kier molecular flexibility index (Phi) is 3.41. The molecule has 0 radical (unpaired) electrons. The van der Waals surface area contributed by atoms with Gasteiger partial charge in [-0.15, -0.1) is 0 Å². The minimum Gasteiger partial charge on any atom is -0.342 e. The third-order valence-electron chi connectivity index (χ3n) is 4.16. The Bertz CT molecular complexity index is 850. The second kappa shape index (κ2) is 5.37. The molecule has 1 aliphatic heterocycles. The number of likely N-dealkylation sites (N-methyl/N-ethyl adjacent to an activating group) is 1. The summed E-state index contributed by atoms with van der Waals surface area (Å²) >= 11 is 1.35. The molecule has 0 saturated carbocycles. The van der Waals surface area contributed by atoms with E-state index >= 15 is 0 Å². The summed E-state index contributed by atoms with van der Waals surface area (Å²) in [4.78, 5) is 11.8. The number of aromatic nitrogens is 3. The molecule has 2 N–H and O–H groups in total. The van der Waals surface area contributed by atoms with Gasteiger partial charge in [0.05, 0.1) is 11.9 Å². The molecule has 0 unspecified atom stereocenters. The number of halogens is 2. The van der Waals surface area contributed by atoms with E-state index < -0.39 is 5.92 Å². The maximum atomic E-state index is 14.2. The predicted octanol–water partition coefficient (Wildman–Crippen LogP) is 3.00. The van der Waals surface area contributed by atoms with Gasteiger partial charge >= 0.3 is 0 Å². The number of aromatic amines is 1. The zero-order chi connectivity index (χ0) is 16.9. The maximum Gasteiger partial charge on any atom is 0.290 e. The summed E-state index contributed by atoms with van der Waals surface area (Å²) in [6, 6.07) is 0. The van der Waals surface area contributed by atoms with Crippen molar-refractivity contribution in [2.45, 2.75) is 25.7 Å². The van der Waals surface area contributed by atoms with Crippen LogP contribution in [0.3, 0.4) is 0 Å². The Morgan fingerprint density at radius 1 is 1.42 bits per heavy atom. The second-order valence-corrected chi connectivity index (χ2v) is 7.02. The molecule has 24 heavy (non-hydrogen) atoms. The molecule has 1 aliphatic carbocycles. The van der Waals surface area contributed by atoms with Crippen LogP contribution in [0.4, 0.5) is 13.9 Å².